The third kappa shape index (κ3) is 1.20. The molecule has 0 bridgehead atoms. The molecule has 1 aliphatic rings. The van der Waals surface area contributed by atoms with E-state index in [4.69, 9.17) is 4.74 Å². The van der Waals surface area contributed by atoms with Crippen molar-refractivity contribution >= 4 is 16.7 Å². The van der Waals surface area contributed by atoms with Crippen molar-refractivity contribution in [2.75, 3.05) is 0 Å². The molecule has 0 unspecified atom stereocenters. The predicted molar refractivity (Wildman–Crippen MR) is 55.8 cm³/mol. The molecule has 3 heteroatoms. The van der Waals surface area contributed by atoms with E-state index in [1.165, 1.54) is 0 Å². The zero-order valence-electron chi connectivity index (χ0n) is 8.28. The molecular weight excluding hydrogens is 190 g/mol. The van der Waals surface area contributed by atoms with Gasteiger partial charge in [-0.1, -0.05) is 12.1 Å². The van der Waals surface area contributed by atoms with Crippen molar-refractivity contribution in [1.82, 2.24) is 4.98 Å². The Labute approximate surface area is 86.7 Å². The SMILES string of the molecule is Cc1cc2ccc3c(c2cn1)OC(=O)C3. The highest BCUT2D eigenvalue weighted by atomic mass is 16.5. The highest BCUT2D eigenvalue weighted by molar-refractivity contribution is 5.95. The zero-order valence-corrected chi connectivity index (χ0v) is 8.28. The van der Waals surface area contributed by atoms with Crippen LogP contribution in [0.2, 0.25) is 0 Å². The lowest BCUT2D eigenvalue weighted by molar-refractivity contribution is -0.131. The summed E-state index contributed by atoms with van der Waals surface area (Å²) in [5, 5.41) is 1.99. The van der Waals surface area contributed by atoms with Crippen LogP contribution in [0.1, 0.15) is 11.3 Å². The summed E-state index contributed by atoms with van der Waals surface area (Å²) in [5.41, 5.74) is 1.92. The molecule has 3 nitrogen and oxygen atoms in total. The van der Waals surface area contributed by atoms with Gasteiger partial charge in [0.25, 0.3) is 0 Å². The Hall–Kier alpha value is -1.90. The smallest absolute Gasteiger partial charge is 0.315 e. The maximum atomic E-state index is 11.2. The molecule has 0 amide bonds. The van der Waals surface area contributed by atoms with E-state index >= 15 is 0 Å². The molecule has 74 valence electrons. The van der Waals surface area contributed by atoms with Gasteiger partial charge in [0.15, 0.2) is 0 Å². The van der Waals surface area contributed by atoms with Gasteiger partial charge in [-0.25, -0.2) is 0 Å². The van der Waals surface area contributed by atoms with Crippen molar-refractivity contribution in [3.05, 3.63) is 35.7 Å². The molecule has 0 fully saturated rings. The number of aryl methyl sites for hydroxylation is 1. The Bertz CT molecular complexity index is 575. The van der Waals surface area contributed by atoms with Crippen molar-refractivity contribution in [1.29, 1.82) is 0 Å². The first kappa shape index (κ1) is 8.41. The van der Waals surface area contributed by atoms with E-state index in [2.05, 4.69) is 4.98 Å². The average molecular weight is 199 g/mol. The predicted octanol–water partition coefficient (Wildman–Crippen LogP) is 2.00. The zero-order chi connectivity index (χ0) is 10.4. The number of hydrogen-bond donors (Lipinski definition) is 0. The van der Waals surface area contributed by atoms with E-state index in [1.807, 2.05) is 25.1 Å². The van der Waals surface area contributed by atoms with Gasteiger partial charge < -0.3 is 4.74 Å². The summed E-state index contributed by atoms with van der Waals surface area (Å²) in [4.78, 5) is 15.4. The van der Waals surface area contributed by atoms with Gasteiger partial charge in [0.2, 0.25) is 0 Å². The number of fused-ring (bicyclic) bond motifs is 3. The summed E-state index contributed by atoms with van der Waals surface area (Å²) in [7, 11) is 0. The van der Waals surface area contributed by atoms with Crippen molar-refractivity contribution in [3.8, 4) is 5.75 Å². The third-order valence-corrected chi connectivity index (χ3v) is 2.62. The number of rotatable bonds is 0. The summed E-state index contributed by atoms with van der Waals surface area (Å²) in [6, 6.07) is 5.94. The molecule has 1 aromatic carbocycles. The summed E-state index contributed by atoms with van der Waals surface area (Å²) in [6.07, 6.45) is 2.14. The first-order chi connectivity index (χ1) is 7.24. The van der Waals surface area contributed by atoms with Gasteiger partial charge in [0.05, 0.1) is 6.42 Å². The molecule has 2 aromatic rings. The summed E-state index contributed by atoms with van der Waals surface area (Å²) < 4.78 is 5.18. The molecule has 0 N–H and O–H groups in total. The fourth-order valence-electron chi connectivity index (χ4n) is 1.91. The number of carbonyl (C=O) groups excluding carboxylic acids is 1. The highest BCUT2D eigenvalue weighted by Crippen LogP contribution is 2.34. The lowest BCUT2D eigenvalue weighted by atomic mass is 10.1. The van der Waals surface area contributed by atoms with E-state index in [0.717, 1.165) is 22.0 Å². The Morgan fingerprint density at radius 3 is 3.13 bits per heavy atom. The van der Waals surface area contributed by atoms with Crippen molar-refractivity contribution < 1.29 is 9.53 Å². The second-order valence-electron chi connectivity index (χ2n) is 3.75. The summed E-state index contributed by atoms with van der Waals surface area (Å²) >= 11 is 0. The van der Waals surface area contributed by atoms with Crippen molar-refractivity contribution in [2.24, 2.45) is 0 Å². The molecular formula is C12H9NO2. The Balaban J connectivity index is 2.35. The van der Waals surface area contributed by atoms with Crippen LogP contribution in [0, 0.1) is 6.92 Å². The maximum Gasteiger partial charge on any atom is 0.315 e. The van der Waals surface area contributed by atoms with Crippen LogP contribution < -0.4 is 4.74 Å². The number of benzene rings is 1. The summed E-state index contributed by atoms with van der Waals surface area (Å²) in [5.74, 6) is 0.503. The number of nitrogens with zero attached hydrogens (tertiary/aromatic N) is 1. The molecule has 1 aliphatic heterocycles. The Morgan fingerprint density at radius 2 is 2.27 bits per heavy atom. The van der Waals surface area contributed by atoms with Crippen LogP contribution in [0.25, 0.3) is 10.8 Å². The highest BCUT2D eigenvalue weighted by Gasteiger charge is 2.22. The number of aromatic nitrogens is 1. The minimum absolute atomic E-state index is 0.182. The minimum atomic E-state index is -0.182. The van der Waals surface area contributed by atoms with Crippen molar-refractivity contribution in [3.63, 3.8) is 0 Å². The van der Waals surface area contributed by atoms with E-state index in [9.17, 15) is 4.79 Å². The second kappa shape index (κ2) is 2.79. The van der Waals surface area contributed by atoms with E-state index in [1.54, 1.807) is 6.20 Å². The quantitative estimate of drug-likeness (QED) is 0.481. The van der Waals surface area contributed by atoms with Gasteiger partial charge >= 0.3 is 5.97 Å². The molecule has 0 saturated carbocycles. The molecule has 1 aromatic heterocycles. The standard InChI is InChI=1S/C12H9NO2/c1-7-4-8-2-3-9-5-11(14)15-12(9)10(8)6-13-7/h2-4,6H,5H2,1H3. The van der Waals surface area contributed by atoms with Crippen LogP contribution in [-0.2, 0) is 11.2 Å². The lowest BCUT2D eigenvalue weighted by Crippen LogP contribution is -2.00. The fraction of sp³-hybridized carbons (Fsp3) is 0.167. The van der Waals surface area contributed by atoms with Gasteiger partial charge in [-0.3, -0.25) is 9.78 Å². The number of hydrogen-bond acceptors (Lipinski definition) is 3. The molecule has 0 spiro atoms. The molecule has 3 rings (SSSR count). The van der Waals surface area contributed by atoms with Gasteiger partial charge in [-0.05, 0) is 18.4 Å². The lowest BCUT2D eigenvalue weighted by Gasteiger charge is -2.03. The van der Waals surface area contributed by atoms with Gasteiger partial charge in [-0.2, -0.15) is 0 Å². The fourth-order valence-corrected chi connectivity index (χ4v) is 1.91. The van der Waals surface area contributed by atoms with E-state index < -0.39 is 0 Å². The van der Waals surface area contributed by atoms with Crippen molar-refractivity contribution in [2.45, 2.75) is 13.3 Å². The number of ether oxygens (including phenoxy) is 1. The largest absolute Gasteiger partial charge is 0.425 e. The van der Waals surface area contributed by atoms with Crippen LogP contribution in [0.4, 0.5) is 0 Å². The minimum Gasteiger partial charge on any atom is -0.425 e. The molecule has 0 saturated heterocycles. The van der Waals surface area contributed by atoms with Crippen LogP contribution in [0.15, 0.2) is 24.4 Å². The first-order valence-corrected chi connectivity index (χ1v) is 4.83. The van der Waals surface area contributed by atoms with Gasteiger partial charge in [0, 0.05) is 22.8 Å². The van der Waals surface area contributed by atoms with Gasteiger partial charge in [-0.15, -0.1) is 0 Å². The van der Waals surface area contributed by atoms with Crippen LogP contribution in [0.3, 0.4) is 0 Å². The Kier molecular flexibility index (Phi) is 1.57. The monoisotopic (exact) mass is 199 g/mol. The number of esters is 1. The Morgan fingerprint density at radius 1 is 1.40 bits per heavy atom. The molecule has 2 heterocycles. The van der Waals surface area contributed by atoms with Crippen LogP contribution >= 0.6 is 0 Å². The van der Waals surface area contributed by atoms with E-state index in [-0.39, 0.29) is 5.97 Å². The average Bonchev–Trinajstić information content (AvgIpc) is 2.58. The third-order valence-electron chi connectivity index (χ3n) is 2.62. The number of pyridine rings is 1. The molecule has 0 radical (unpaired) electrons. The molecule has 0 atom stereocenters. The normalized spacial score (nSPS) is 14.1. The number of carbonyl (C=O) groups is 1. The van der Waals surface area contributed by atoms with Gasteiger partial charge in [0.1, 0.15) is 5.75 Å². The summed E-state index contributed by atoms with van der Waals surface area (Å²) in [6.45, 7) is 1.94. The molecule has 0 aliphatic carbocycles. The maximum absolute atomic E-state index is 11.2. The van der Waals surface area contributed by atoms with Crippen LogP contribution in [0.5, 0.6) is 5.75 Å². The van der Waals surface area contributed by atoms with Crippen LogP contribution in [-0.4, -0.2) is 11.0 Å². The topological polar surface area (TPSA) is 39.2 Å². The second-order valence-corrected chi connectivity index (χ2v) is 3.75. The van der Waals surface area contributed by atoms with E-state index in [0.29, 0.717) is 12.2 Å². The first-order valence-electron chi connectivity index (χ1n) is 4.83. The molecule has 15 heavy (non-hydrogen) atoms.